The van der Waals surface area contributed by atoms with Gasteiger partial charge in [-0.05, 0) is 42.5 Å². The van der Waals surface area contributed by atoms with Gasteiger partial charge in [-0.3, -0.25) is 4.79 Å². The van der Waals surface area contributed by atoms with Crippen molar-refractivity contribution < 1.29 is 14.3 Å². The maximum atomic E-state index is 12.7. The van der Waals surface area contributed by atoms with Crippen LogP contribution in [-0.2, 0) is 6.61 Å². The predicted octanol–water partition coefficient (Wildman–Crippen LogP) is 4.66. The first kappa shape index (κ1) is 17.4. The van der Waals surface area contributed by atoms with E-state index in [1.165, 1.54) is 0 Å². The summed E-state index contributed by atoms with van der Waals surface area (Å²) in [6.07, 6.45) is 2.16. The molecule has 138 valence electrons. The van der Waals surface area contributed by atoms with E-state index < -0.39 is 0 Å². The maximum absolute atomic E-state index is 12.7. The monoisotopic (exact) mass is 361 g/mol. The topological polar surface area (TPSA) is 38.8 Å². The van der Waals surface area contributed by atoms with Gasteiger partial charge < -0.3 is 14.4 Å². The standard InChI is InChI=1S/C23H23NO3/c1-26-21-12-11-18(23(25)24-13-4-5-14-24)15-19(21)16-27-22-10-6-8-17-7-2-3-9-20(17)22/h2-3,6-12,15H,4-5,13-14,16H2,1H3. The van der Waals surface area contributed by atoms with Gasteiger partial charge >= 0.3 is 0 Å². The van der Waals surface area contributed by atoms with E-state index in [9.17, 15) is 4.79 Å². The van der Waals surface area contributed by atoms with Crippen LogP contribution in [0.1, 0.15) is 28.8 Å². The van der Waals surface area contributed by atoms with Gasteiger partial charge in [-0.25, -0.2) is 0 Å². The van der Waals surface area contributed by atoms with Gasteiger partial charge in [0.15, 0.2) is 0 Å². The van der Waals surface area contributed by atoms with Crippen molar-refractivity contribution in [3.8, 4) is 11.5 Å². The molecule has 4 rings (SSSR count). The van der Waals surface area contributed by atoms with Gasteiger partial charge in [0, 0.05) is 29.6 Å². The Morgan fingerprint density at radius 1 is 0.963 bits per heavy atom. The van der Waals surface area contributed by atoms with E-state index in [0.29, 0.717) is 12.2 Å². The first-order valence-corrected chi connectivity index (χ1v) is 9.33. The quantitative estimate of drug-likeness (QED) is 0.663. The Morgan fingerprint density at radius 2 is 1.74 bits per heavy atom. The van der Waals surface area contributed by atoms with Crippen molar-refractivity contribution in [2.75, 3.05) is 20.2 Å². The summed E-state index contributed by atoms with van der Waals surface area (Å²) in [4.78, 5) is 14.6. The number of carbonyl (C=O) groups excluding carboxylic acids is 1. The van der Waals surface area contributed by atoms with Gasteiger partial charge in [-0.1, -0.05) is 36.4 Å². The molecular formula is C23H23NO3. The highest BCUT2D eigenvalue weighted by atomic mass is 16.5. The summed E-state index contributed by atoms with van der Waals surface area (Å²) in [5.74, 6) is 1.64. The molecule has 4 heteroatoms. The summed E-state index contributed by atoms with van der Waals surface area (Å²) < 4.78 is 11.6. The Hall–Kier alpha value is -3.01. The smallest absolute Gasteiger partial charge is 0.253 e. The SMILES string of the molecule is COc1ccc(C(=O)N2CCCC2)cc1COc1cccc2ccccc12. The Labute approximate surface area is 159 Å². The van der Waals surface area contributed by atoms with Crippen LogP contribution in [0.2, 0.25) is 0 Å². The summed E-state index contributed by atoms with van der Waals surface area (Å²) in [6, 6.07) is 19.7. The molecule has 0 saturated carbocycles. The second kappa shape index (κ2) is 7.70. The number of likely N-dealkylation sites (tertiary alicyclic amines) is 1. The second-order valence-corrected chi connectivity index (χ2v) is 6.79. The molecule has 1 saturated heterocycles. The number of ether oxygens (including phenoxy) is 2. The molecule has 1 fully saturated rings. The van der Waals surface area contributed by atoms with Crippen molar-refractivity contribution in [1.82, 2.24) is 4.90 Å². The summed E-state index contributed by atoms with van der Waals surface area (Å²) in [5, 5.41) is 2.21. The lowest BCUT2D eigenvalue weighted by Gasteiger charge is -2.17. The van der Waals surface area contributed by atoms with Crippen molar-refractivity contribution >= 4 is 16.7 Å². The van der Waals surface area contributed by atoms with E-state index in [0.717, 1.165) is 53.8 Å². The number of nitrogens with zero attached hydrogens (tertiary/aromatic N) is 1. The number of amides is 1. The molecule has 0 unspecified atom stereocenters. The zero-order chi connectivity index (χ0) is 18.6. The Kier molecular flexibility index (Phi) is 4.97. The minimum absolute atomic E-state index is 0.0848. The fourth-order valence-electron chi connectivity index (χ4n) is 3.60. The molecule has 3 aromatic carbocycles. The van der Waals surface area contributed by atoms with E-state index in [-0.39, 0.29) is 5.91 Å². The molecule has 0 bridgehead atoms. The summed E-state index contributed by atoms with van der Waals surface area (Å²) in [6.45, 7) is 2.03. The number of benzene rings is 3. The highest BCUT2D eigenvalue weighted by Crippen LogP contribution is 2.28. The van der Waals surface area contributed by atoms with Crippen molar-refractivity contribution in [3.05, 3.63) is 71.8 Å². The van der Waals surface area contributed by atoms with Crippen LogP contribution in [0.4, 0.5) is 0 Å². The van der Waals surface area contributed by atoms with Crippen LogP contribution in [0, 0.1) is 0 Å². The summed E-state index contributed by atoms with van der Waals surface area (Å²) in [5.41, 5.74) is 1.56. The third kappa shape index (κ3) is 3.61. The van der Waals surface area contributed by atoms with Crippen molar-refractivity contribution in [3.63, 3.8) is 0 Å². The molecule has 0 atom stereocenters. The van der Waals surface area contributed by atoms with Crippen LogP contribution >= 0.6 is 0 Å². The van der Waals surface area contributed by atoms with Gasteiger partial charge in [0.1, 0.15) is 18.1 Å². The first-order valence-electron chi connectivity index (χ1n) is 9.33. The molecule has 0 aromatic heterocycles. The largest absolute Gasteiger partial charge is 0.496 e. The zero-order valence-corrected chi connectivity index (χ0v) is 15.5. The average Bonchev–Trinajstić information content (AvgIpc) is 3.26. The lowest BCUT2D eigenvalue weighted by molar-refractivity contribution is 0.0792. The van der Waals surface area contributed by atoms with Crippen LogP contribution < -0.4 is 9.47 Å². The lowest BCUT2D eigenvalue weighted by atomic mass is 10.1. The Bertz CT molecular complexity index is 955. The van der Waals surface area contributed by atoms with Gasteiger partial charge in [0.05, 0.1) is 7.11 Å². The molecule has 1 aliphatic rings. The lowest BCUT2D eigenvalue weighted by Crippen LogP contribution is -2.27. The number of hydrogen-bond donors (Lipinski definition) is 0. The number of carbonyl (C=O) groups is 1. The van der Waals surface area contributed by atoms with Crippen molar-refractivity contribution in [1.29, 1.82) is 0 Å². The molecule has 0 aliphatic carbocycles. The van der Waals surface area contributed by atoms with E-state index in [4.69, 9.17) is 9.47 Å². The van der Waals surface area contributed by atoms with Gasteiger partial charge in [-0.2, -0.15) is 0 Å². The average molecular weight is 361 g/mol. The molecule has 3 aromatic rings. The van der Waals surface area contributed by atoms with E-state index >= 15 is 0 Å². The third-order valence-electron chi connectivity index (χ3n) is 5.05. The summed E-state index contributed by atoms with van der Waals surface area (Å²) >= 11 is 0. The number of hydrogen-bond acceptors (Lipinski definition) is 3. The van der Waals surface area contributed by atoms with Gasteiger partial charge in [-0.15, -0.1) is 0 Å². The van der Waals surface area contributed by atoms with Crippen LogP contribution in [0.3, 0.4) is 0 Å². The van der Waals surface area contributed by atoms with Crippen molar-refractivity contribution in [2.24, 2.45) is 0 Å². The molecule has 27 heavy (non-hydrogen) atoms. The minimum Gasteiger partial charge on any atom is -0.496 e. The van der Waals surface area contributed by atoms with Crippen LogP contribution in [0.15, 0.2) is 60.7 Å². The predicted molar refractivity (Wildman–Crippen MR) is 106 cm³/mol. The summed E-state index contributed by atoms with van der Waals surface area (Å²) in [7, 11) is 1.64. The van der Waals surface area contributed by atoms with Crippen LogP contribution in [0.5, 0.6) is 11.5 Å². The molecule has 1 heterocycles. The Balaban J connectivity index is 1.58. The molecule has 1 aliphatic heterocycles. The maximum Gasteiger partial charge on any atom is 0.253 e. The number of fused-ring (bicyclic) bond motifs is 1. The molecule has 0 spiro atoms. The van der Waals surface area contributed by atoms with Gasteiger partial charge in [0.25, 0.3) is 5.91 Å². The molecule has 0 N–H and O–H groups in total. The van der Waals surface area contributed by atoms with E-state index in [1.807, 2.05) is 47.4 Å². The number of rotatable bonds is 5. The van der Waals surface area contributed by atoms with Crippen molar-refractivity contribution in [2.45, 2.75) is 19.4 Å². The molecule has 4 nitrogen and oxygen atoms in total. The first-order chi connectivity index (χ1) is 13.3. The van der Waals surface area contributed by atoms with Gasteiger partial charge in [0.2, 0.25) is 0 Å². The third-order valence-corrected chi connectivity index (χ3v) is 5.05. The highest BCUT2D eigenvalue weighted by molar-refractivity contribution is 5.94. The highest BCUT2D eigenvalue weighted by Gasteiger charge is 2.20. The van der Waals surface area contributed by atoms with Crippen LogP contribution in [0.25, 0.3) is 10.8 Å². The van der Waals surface area contributed by atoms with Crippen LogP contribution in [-0.4, -0.2) is 31.0 Å². The molecule has 1 amide bonds. The zero-order valence-electron chi connectivity index (χ0n) is 15.5. The Morgan fingerprint density at radius 3 is 2.56 bits per heavy atom. The fraction of sp³-hybridized carbons (Fsp3) is 0.261. The second-order valence-electron chi connectivity index (χ2n) is 6.79. The molecule has 0 radical (unpaired) electrons. The fourth-order valence-corrected chi connectivity index (χ4v) is 3.60. The van der Waals surface area contributed by atoms with E-state index in [2.05, 4.69) is 18.2 Å². The number of methoxy groups -OCH3 is 1. The van der Waals surface area contributed by atoms with E-state index in [1.54, 1.807) is 7.11 Å². The normalized spacial score (nSPS) is 13.7. The minimum atomic E-state index is 0.0848. The molecular weight excluding hydrogens is 338 g/mol.